The third-order valence-electron chi connectivity index (χ3n) is 4.06. The van der Waals surface area contributed by atoms with Gasteiger partial charge in [0.1, 0.15) is 5.52 Å². The number of aromatic amines is 1. The van der Waals surface area contributed by atoms with Crippen LogP contribution in [0, 0.1) is 0 Å². The Morgan fingerprint density at radius 1 is 1.54 bits per heavy atom. The van der Waals surface area contributed by atoms with Crippen molar-refractivity contribution < 1.29 is 9.90 Å². The Hall–Kier alpha value is -2.84. The van der Waals surface area contributed by atoms with Crippen LogP contribution in [0.4, 0.5) is 10.6 Å². The topological polar surface area (TPSA) is 107 Å². The smallest absolute Gasteiger partial charge is 0.407 e. The molecule has 24 heavy (non-hydrogen) atoms. The standard InChI is InChI=1S/C15H20N6O3/c1-19(2)9-17-13-12-11(5-6-16-13)21(14(22)18-12)10-4-3-7-20(8-10)15(23)24/h5-6,9-10H,3-4,7-8H2,1-2H3,(H,18,22)(H,23,24). The van der Waals surface area contributed by atoms with E-state index in [0.29, 0.717) is 29.9 Å². The molecule has 9 nitrogen and oxygen atoms in total. The maximum absolute atomic E-state index is 12.5. The normalized spacial score (nSPS) is 18.4. The first kappa shape index (κ1) is 16.0. The number of likely N-dealkylation sites (tertiary alicyclic amines) is 1. The molecule has 0 spiro atoms. The van der Waals surface area contributed by atoms with Crippen LogP contribution in [0.2, 0.25) is 0 Å². The minimum Gasteiger partial charge on any atom is -0.465 e. The number of fused-ring (bicyclic) bond motifs is 1. The van der Waals surface area contributed by atoms with Crippen LogP contribution >= 0.6 is 0 Å². The van der Waals surface area contributed by atoms with E-state index < -0.39 is 6.09 Å². The highest BCUT2D eigenvalue weighted by atomic mass is 16.4. The minimum atomic E-state index is -0.953. The molecule has 0 aromatic carbocycles. The third-order valence-corrected chi connectivity index (χ3v) is 4.06. The molecule has 3 heterocycles. The number of aromatic nitrogens is 3. The maximum Gasteiger partial charge on any atom is 0.407 e. The number of nitrogens with zero attached hydrogens (tertiary/aromatic N) is 5. The van der Waals surface area contributed by atoms with Crippen LogP contribution in [0.25, 0.3) is 11.0 Å². The molecule has 1 fully saturated rings. The van der Waals surface area contributed by atoms with Gasteiger partial charge in [0.25, 0.3) is 0 Å². The van der Waals surface area contributed by atoms with Crippen molar-refractivity contribution in [3.05, 3.63) is 22.7 Å². The number of carboxylic acid groups (broad SMARTS) is 1. The van der Waals surface area contributed by atoms with Crippen molar-refractivity contribution in [2.75, 3.05) is 27.2 Å². The second-order valence-electron chi connectivity index (χ2n) is 6.06. The molecule has 3 rings (SSSR count). The second kappa shape index (κ2) is 6.34. The Kier molecular flexibility index (Phi) is 4.24. The van der Waals surface area contributed by atoms with Crippen LogP contribution < -0.4 is 5.69 Å². The summed E-state index contributed by atoms with van der Waals surface area (Å²) in [4.78, 5) is 38.1. The van der Waals surface area contributed by atoms with Gasteiger partial charge in [-0.1, -0.05) is 0 Å². The van der Waals surface area contributed by atoms with Gasteiger partial charge in [0, 0.05) is 33.4 Å². The predicted octanol–water partition coefficient (Wildman–Crippen LogP) is 1.26. The van der Waals surface area contributed by atoms with Crippen LogP contribution in [0.15, 0.2) is 22.1 Å². The Bertz CT molecular complexity index is 837. The van der Waals surface area contributed by atoms with Crippen LogP contribution in [-0.4, -0.2) is 69.1 Å². The summed E-state index contributed by atoms with van der Waals surface area (Å²) in [6.07, 6.45) is 3.75. The van der Waals surface area contributed by atoms with E-state index >= 15 is 0 Å². The SMILES string of the molecule is CN(C)C=Nc1nccc2c1[nH]c(=O)n2C1CCCN(C(=O)O)C1. The molecule has 0 saturated carbocycles. The Morgan fingerprint density at radius 2 is 2.33 bits per heavy atom. The highest BCUT2D eigenvalue weighted by Crippen LogP contribution is 2.26. The predicted molar refractivity (Wildman–Crippen MR) is 90.1 cm³/mol. The fourth-order valence-corrected chi connectivity index (χ4v) is 3.01. The zero-order valence-corrected chi connectivity index (χ0v) is 13.6. The highest BCUT2D eigenvalue weighted by molar-refractivity contribution is 5.86. The average Bonchev–Trinajstić information content (AvgIpc) is 2.89. The summed E-state index contributed by atoms with van der Waals surface area (Å²) in [6, 6.07) is 1.56. The first-order valence-corrected chi connectivity index (χ1v) is 7.75. The zero-order chi connectivity index (χ0) is 17.3. The molecule has 1 atom stereocenters. The summed E-state index contributed by atoms with van der Waals surface area (Å²) in [6.45, 7) is 0.809. The fraction of sp³-hybridized carbons (Fsp3) is 0.467. The number of hydrogen-bond donors (Lipinski definition) is 2. The van der Waals surface area contributed by atoms with Crippen molar-refractivity contribution in [2.24, 2.45) is 4.99 Å². The molecule has 2 aromatic heterocycles. The lowest BCUT2D eigenvalue weighted by atomic mass is 10.1. The van der Waals surface area contributed by atoms with Crippen molar-refractivity contribution in [2.45, 2.75) is 18.9 Å². The van der Waals surface area contributed by atoms with E-state index in [9.17, 15) is 14.7 Å². The van der Waals surface area contributed by atoms with E-state index in [2.05, 4.69) is 15.0 Å². The highest BCUT2D eigenvalue weighted by Gasteiger charge is 2.27. The molecule has 9 heteroatoms. The van der Waals surface area contributed by atoms with E-state index in [0.717, 1.165) is 12.8 Å². The second-order valence-corrected chi connectivity index (χ2v) is 6.06. The van der Waals surface area contributed by atoms with E-state index in [4.69, 9.17) is 0 Å². The molecule has 0 radical (unpaired) electrons. The summed E-state index contributed by atoms with van der Waals surface area (Å²) in [5, 5.41) is 9.20. The molecule has 1 aliphatic heterocycles. The number of rotatable bonds is 3. The summed E-state index contributed by atoms with van der Waals surface area (Å²) in [5.74, 6) is 0.433. The van der Waals surface area contributed by atoms with E-state index in [1.807, 2.05) is 14.1 Å². The lowest BCUT2D eigenvalue weighted by Crippen LogP contribution is -2.41. The van der Waals surface area contributed by atoms with Gasteiger partial charge in [0.05, 0.1) is 17.9 Å². The Labute approximate surface area is 138 Å². The maximum atomic E-state index is 12.5. The van der Waals surface area contributed by atoms with Crippen LogP contribution in [0.5, 0.6) is 0 Å². The molecule has 0 bridgehead atoms. The Morgan fingerprint density at radius 3 is 3.04 bits per heavy atom. The van der Waals surface area contributed by atoms with E-state index in [1.54, 1.807) is 28.1 Å². The molecule has 2 N–H and O–H groups in total. The lowest BCUT2D eigenvalue weighted by Gasteiger charge is -2.31. The summed E-state index contributed by atoms with van der Waals surface area (Å²) in [7, 11) is 3.69. The number of piperidine rings is 1. The van der Waals surface area contributed by atoms with E-state index in [1.165, 1.54) is 4.90 Å². The van der Waals surface area contributed by atoms with Crippen LogP contribution in [0.1, 0.15) is 18.9 Å². The van der Waals surface area contributed by atoms with Crippen LogP contribution in [-0.2, 0) is 0 Å². The molecule has 1 aliphatic rings. The molecule has 128 valence electrons. The third kappa shape index (κ3) is 2.97. The number of amides is 1. The number of hydrogen-bond acceptors (Lipinski definition) is 4. The largest absolute Gasteiger partial charge is 0.465 e. The molecule has 1 saturated heterocycles. The summed E-state index contributed by atoms with van der Waals surface area (Å²) in [5.41, 5.74) is 0.989. The monoisotopic (exact) mass is 332 g/mol. The van der Waals surface area contributed by atoms with Gasteiger partial charge in [-0.25, -0.2) is 19.6 Å². The van der Waals surface area contributed by atoms with Crippen molar-refractivity contribution in [3.63, 3.8) is 0 Å². The number of imidazole rings is 1. The molecule has 0 aliphatic carbocycles. The number of aliphatic imine (C=N–C) groups is 1. The van der Waals surface area contributed by atoms with Gasteiger partial charge in [-0.15, -0.1) is 0 Å². The first-order chi connectivity index (χ1) is 11.5. The van der Waals surface area contributed by atoms with Gasteiger partial charge < -0.3 is 19.9 Å². The van der Waals surface area contributed by atoms with Gasteiger partial charge >= 0.3 is 11.8 Å². The molecular weight excluding hydrogens is 312 g/mol. The first-order valence-electron chi connectivity index (χ1n) is 7.75. The molecule has 2 aromatic rings. The van der Waals surface area contributed by atoms with Crippen molar-refractivity contribution in [3.8, 4) is 0 Å². The lowest BCUT2D eigenvalue weighted by molar-refractivity contribution is 0.121. The quantitative estimate of drug-likeness (QED) is 0.650. The Balaban J connectivity index is 2.03. The van der Waals surface area contributed by atoms with Crippen molar-refractivity contribution in [1.29, 1.82) is 0 Å². The molecule has 1 unspecified atom stereocenters. The fourth-order valence-electron chi connectivity index (χ4n) is 3.01. The zero-order valence-electron chi connectivity index (χ0n) is 13.6. The number of carbonyl (C=O) groups is 1. The van der Waals surface area contributed by atoms with Gasteiger partial charge in [0.2, 0.25) is 0 Å². The number of pyridine rings is 1. The molecule has 1 amide bonds. The number of nitrogens with one attached hydrogen (secondary N) is 1. The number of H-pyrrole nitrogens is 1. The summed E-state index contributed by atoms with van der Waals surface area (Å²) < 4.78 is 1.63. The average molecular weight is 332 g/mol. The van der Waals surface area contributed by atoms with Gasteiger partial charge in [0.15, 0.2) is 5.82 Å². The van der Waals surface area contributed by atoms with Crippen molar-refractivity contribution in [1.82, 2.24) is 24.3 Å². The van der Waals surface area contributed by atoms with Gasteiger partial charge in [-0.2, -0.15) is 0 Å². The molecular formula is C15H20N6O3. The van der Waals surface area contributed by atoms with E-state index in [-0.39, 0.29) is 11.7 Å². The van der Waals surface area contributed by atoms with Gasteiger partial charge in [-0.3, -0.25) is 4.57 Å². The minimum absolute atomic E-state index is 0.191. The van der Waals surface area contributed by atoms with Crippen molar-refractivity contribution >= 4 is 29.3 Å². The van der Waals surface area contributed by atoms with Crippen LogP contribution in [0.3, 0.4) is 0 Å². The summed E-state index contributed by atoms with van der Waals surface area (Å²) >= 11 is 0. The van der Waals surface area contributed by atoms with Gasteiger partial charge in [-0.05, 0) is 18.9 Å².